The van der Waals surface area contributed by atoms with Crippen LogP contribution in [0.3, 0.4) is 0 Å². The Morgan fingerprint density at radius 3 is 2.65 bits per heavy atom. The Morgan fingerprint density at radius 1 is 1.26 bits per heavy atom. The van der Waals surface area contributed by atoms with Gasteiger partial charge in [-0.1, -0.05) is 56.0 Å². The molecule has 0 bridgehead atoms. The molecule has 0 aliphatic heterocycles. The Balaban J connectivity index is 1.93. The molecule has 1 unspecified atom stereocenters. The van der Waals surface area contributed by atoms with Crippen LogP contribution in [-0.4, -0.2) is 25.5 Å². The van der Waals surface area contributed by atoms with Gasteiger partial charge in [0.15, 0.2) is 0 Å². The van der Waals surface area contributed by atoms with Gasteiger partial charge in [-0.3, -0.25) is 4.68 Å². The fourth-order valence-corrected chi connectivity index (χ4v) is 4.00. The Hall–Kier alpha value is -1.39. The summed E-state index contributed by atoms with van der Waals surface area (Å²) in [6.07, 6.45) is 9.36. The smallest absolute Gasteiger partial charge is 0.137 e. The first-order chi connectivity index (χ1) is 11.0. The first kappa shape index (κ1) is 16.5. The second-order valence-electron chi connectivity index (χ2n) is 7.01. The van der Waals surface area contributed by atoms with Crippen LogP contribution in [0.5, 0.6) is 0 Å². The van der Waals surface area contributed by atoms with Crippen LogP contribution in [-0.2, 0) is 13.0 Å². The molecule has 0 amide bonds. The molecule has 5 heteroatoms. The van der Waals surface area contributed by atoms with Gasteiger partial charge in [0.05, 0.1) is 12.1 Å². The number of nitrogens with zero attached hydrogens (tertiary/aromatic N) is 3. The van der Waals surface area contributed by atoms with E-state index in [1.807, 2.05) is 24.3 Å². The first-order valence-electron chi connectivity index (χ1n) is 8.31. The zero-order valence-corrected chi connectivity index (χ0v) is 14.3. The molecule has 1 heterocycles. The van der Waals surface area contributed by atoms with Crippen LogP contribution in [0.25, 0.3) is 0 Å². The van der Waals surface area contributed by atoms with Crippen molar-refractivity contribution in [1.82, 2.24) is 14.8 Å². The van der Waals surface area contributed by atoms with Gasteiger partial charge in [-0.05, 0) is 29.9 Å². The van der Waals surface area contributed by atoms with Crippen LogP contribution in [0.2, 0.25) is 5.02 Å². The van der Waals surface area contributed by atoms with Crippen LogP contribution in [0.1, 0.15) is 44.6 Å². The molecule has 1 atom stereocenters. The summed E-state index contributed by atoms with van der Waals surface area (Å²) in [5.74, 6) is 0. The van der Waals surface area contributed by atoms with Gasteiger partial charge in [0.1, 0.15) is 12.7 Å². The summed E-state index contributed by atoms with van der Waals surface area (Å²) in [6, 6.07) is 7.78. The Kier molecular flexibility index (Phi) is 4.74. The maximum Gasteiger partial charge on any atom is 0.137 e. The molecular formula is C18H24ClN3O. The fraction of sp³-hybridized carbons (Fsp3) is 0.556. The molecule has 1 aromatic carbocycles. The zero-order chi connectivity index (χ0) is 16.3. The van der Waals surface area contributed by atoms with E-state index in [0.29, 0.717) is 18.0 Å². The van der Waals surface area contributed by atoms with E-state index in [9.17, 15) is 5.11 Å². The van der Waals surface area contributed by atoms with E-state index in [4.69, 9.17) is 11.6 Å². The van der Waals surface area contributed by atoms with Gasteiger partial charge in [0, 0.05) is 11.4 Å². The van der Waals surface area contributed by atoms with E-state index >= 15 is 0 Å². The maximum absolute atomic E-state index is 11.7. The number of benzene rings is 1. The van der Waals surface area contributed by atoms with Crippen molar-refractivity contribution in [2.75, 3.05) is 0 Å². The van der Waals surface area contributed by atoms with Crippen LogP contribution in [0, 0.1) is 5.41 Å². The minimum Gasteiger partial charge on any atom is -0.387 e. The lowest BCUT2D eigenvalue weighted by Gasteiger charge is -2.47. The van der Waals surface area contributed by atoms with E-state index in [1.165, 1.54) is 25.6 Å². The lowest BCUT2D eigenvalue weighted by atomic mass is 9.62. The largest absolute Gasteiger partial charge is 0.387 e. The summed E-state index contributed by atoms with van der Waals surface area (Å²) < 4.78 is 1.73. The highest BCUT2D eigenvalue weighted by atomic mass is 35.5. The molecule has 0 saturated heterocycles. The number of aromatic nitrogens is 3. The standard InChI is InChI=1S/C18H24ClN3O/c1-17(9-5-2-6-10-17)18(23,12-22-14-20-13-21-22)11-15-7-3-4-8-16(15)19/h3-4,7-8,13-14,23H,2,5-6,9-12H2,1H3. The molecule has 23 heavy (non-hydrogen) atoms. The minimum atomic E-state index is -0.897. The van der Waals surface area contributed by atoms with Crippen molar-refractivity contribution in [1.29, 1.82) is 0 Å². The summed E-state index contributed by atoms with van der Waals surface area (Å²) in [7, 11) is 0. The number of halogens is 1. The first-order valence-corrected chi connectivity index (χ1v) is 8.68. The van der Waals surface area contributed by atoms with Crippen LogP contribution in [0.15, 0.2) is 36.9 Å². The van der Waals surface area contributed by atoms with Crippen LogP contribution in [0.4, 0.5) is 0 Å². The molecule has 124 valence electrons. The van der Waals surface area contributed by atoms with Crippen LogP contribution < -0.4 is 0 Å². The van der Waals surface area contributed by atoms with Crippen molar-refractivity contribution < 1.29 is 5.11 Å². The summed E-state index contributed by atoms with van der Waals surface area (Å²) in [4.78, 5) is 4.01. The van der Waals surface area contributed by atoms with E-state index in [2.05, 4.69) is 17.0 Å². The van der Waals surface area contributed by atoms with E-state index in [-0.39, 0.29) is 5.41 Å². The molecule has 1 aliphatic carbocycles. The molecule has 4 nitrogen and oxygen atoms in total. The van der Waals surface area contributed by atoms with Crippen molar-refractivity contribution in [3.63, 3.8) is 0 Å². The molecule has 3 rings (SSSR count). The molecule has 1 fully saturated rings. The third-order valence-corrected chi connectivity index (χ3v) is 5.78. The van der Waals surface area contributed by atoms with Gasteiger partial charge in [0.25, 0.3) is 0 Å². The molecule has 0 spiro atoms. The average Bonchev–Trinajstić information content (AvgIpc) is 3.03. The van der Waals surface area contributed by atoms with Gasteiger partial charge in [-0.15, -0.1) is 0 Å². The molecule has 1 saturated carbocycles. The lowest BCUT2D eigenvalue weighted by molar-refractivity contribution is -0.107. The summed E-state index contributed by atoms with van der Waals surface area (Å²) in [6.45, 7) is 2.65. The minimum absolute atomic E-state index is 0.142. The molecular weight excluding hydrogens is 310 g/mol. The highest BCUT2D eigenvalue weighted by Crippen LogP contribution is 2.47. The van der Waals surface area contributed by atoms with E-state index < -0.39 is 5.60 Å². The monoisotopic (exact) mass is 333 g/mol. The molecule has 1 aliphatic rings. The highest BCUT2D eigenvalue weighted by molar-refractivity contribution is 6.31. The van der Waals surface area contributed by atoms with Crippen molar-refractivity contribution in [2.45, 2.75) is 57.6 Å². The summed E-state index contributed by atoms with van der Waals surface area (Å²) in [5, 5.41) is 16.6. The number of aliphatic hydroxyl groups is 1. The highest BCUT2D eigenvalue weighted by Gasteiger charge is 2.47. The number of hydrogen-bond donors (Lipinski definition) is 1. The Morgan fingerprint density at radius 2 is 2.00 bits per heavy atom. The number of rotatable bonds is 5. The summed E-state index contributed by atoms with van der Waals surface area (Å²) in [5.41, 5.74) is -0.0498. The SMILES string of the molecule is CC1(C(O)(Cc2ccccc2Cl)Cn2cncn2)CCCCC1. The molecule has 1 N–H and O–H groups in total. The number of hydrogen-bond acceptors (Lipinski definition) is 3. The molecule has 1 aromatic heterocycles. The van der Waals surface area contributed by atoms with Gasteiger partial charge in [-0.25, -0.2) is 4.98 Å². The van der Waals surface area contributed by atoms with Gasteiger partial charge < -0.3 is 5.11 Å². The van der Waals surface area contributed by atoms with Gasteiger partial charge in [0.2, 0.25) is 0 Å². The third-order valence-electron chi connectivity index (χ3n) is 5.41. The third kappa shape index (κ3) is 3.43. The fourth-order valence-electron chi connectivity index (χ4n) is 3.80. The molecule has 2 aromatic rings. The second kappa shape index (κ2) is 6.62. The van der Waals surface area contributed by atoms with Gasteiger partial charge in [-0.2, -0.15) is 5.10 Å². The quantitative estimate of drug-likeness (QED) is 0.903. The Bertz CT molecular complexity index is 637. The lowest BCUT2D eigenvalue weighted by Crippen LogP contribution is -2.52. The van der Waals surface area contributed by atoms with E-state index in [0.717, 1.165) is 18.4 Å². The van der Waals surface area contributed by atoms with Crippen molar-refractivity contribution in [3.05, 3.63) is 47.5 Å². The predicted molar refractivity (Wildman–Crippen MR) is 91.3 cm³/mol. The maximum atomic E-state index is 11.7. The van der Waals surface area contributed by atoms with Crippen LogP contribution >= 0.6 is 11.6 Å². The normalized spacial score (nSPS) is 20.1. The Labute approximate surface area is 142 Å². The van der Waals surface area contributed by atoms with Gasteiger partial charge >= 0.3 is 0 Å². The van der Waals surface area contributed by atoms with Crippen molar-refractivity contribution >= 4 is 11.6 Å². The average molecular weight is 334 g/mol. The van der Waals surface area contributed by atoms with Crippen molar-refractivity contribution in [2.24, 2.45) is 5.41 Å². The predicted octanol–water partition coefficient (Wildman–Crippen LogP) is 3.88. The van der Waals surface area contributed by atoms with E-state index in [1.54, 1.807) is 11.0 Å². The zero-order valence-electron chi connectivity index (χ0n) is 13.6. The topological polar surface area (TPSA) is 50.9 Å². The molecule has 0 radical (unpaired) electrons. The van der Waals surface area contributed by atoms with Crippen molar-refractivity contribution in [3.8, 4) is 0 Å². The summed E-state index contributed by atoms with van der Waals surface area (Å²) >= 11 is 6.35. The second-order valence-corrected chi connectivity index (χ2v) is 7.42.